The molecule has 2 atom stereocenters. The van der Waals surface area contributed by atoms with Crippen LogP contribution in [0, 0.1) is 0 Å². The molecule has 1 aliphatic rings. The smallest absolute Gasteiger partial charge is 0.339 e. The van der Waals surface area contributed by atoms with Gasteiger partial charge in [0.1, 0.15) is 16.2 Å². The zero-order chi connectivity index (χ0) is 23.6. The highest BCUT2D eigenvalue weighted by atomic mass is 32.2. The normalized spacial score (nSPS) is 16.9. The fourth-order valence-electron chi connectivity index (χ4n) is 3.28. The molecule has 3 rings (SSSR count). The van der Waals surface area contributed by atoms with E-state index in [2.05, 4.69) is 4.72 Å². The van der Waals surface area contributed by atoms with Gasteiger partial charge in [-0.05, 0) is 47.6 Å². The molecule has 0 amide bonds. The number of hydrogen-bond donors (Lipinski definition) is 1. The first kappa shape index (κ1) is 24.5. The molecular weight excluding hydrogens is 432 g/mol. The van der Waals surface area contributed by atoms with Crippen LogP contribution in [0.3, 0.4) is 0 Å². The van der Waals surface area contributed by atoms with Gasteiger partial charge in [-0.15, -0.1) is 4.72 Å². The van der Waals surface area contributed by atoms with Crippen molar-refractivity contribution in [2.45, 2.75) is 58.4 Å². The van der Waals surface area contributed by atoms with Crippen molar-refractivity contribution in [2.75, 3.05) is 31.2 Å². The molecule has 0 aromatic carbocycles. The van der Waals surface area contributed by atoms with Crippen LogP contribution in [0.4, 0.5) is 5.82 Å². The Kier molecular flexibility index (Phi) is 7.49. The van der Waals surface area contributed by atoms with Crippen LogP contribution in [0.5, 0.6) is 0 Å². The first-order valence-electron chi connectivity index (χ1n) is 10.8. The molecule has 3 heterocycles. The maximum atomic E-state index is 13.0. The van der Waals surface area contributed by atoms with E-state index in [0.29, 0.717) is 43.3 Å². The van der Waals surface area contributed by atoms with E-state index in [9.17, 15) is 14.1 Å². The van der Waals surface area contributed by atoms with Crippen LogP contribution in [0.1, 0.15) is 63.5 Å². The largest absolute Gasteiger partial charge is 0.598 e. The maximum Gasteiger partial charge on any atom is 0.339 e. The van der Waals surface area contributed by atoms with E-state index in [1.807, 2.05) is 32.6 Å². The van der Waals surface area contributed by atoms with Crippen molar-refractivity contribution in [1.29, 1.82) is 0 Å². The molecule has 32 heavy (non-hydrogen) atoms. The van der Waals surface area contributed by atoms with Gasteiger partial charge in [0, 0.05) is 42.3 Å². The van der Waals surface area contributed by atoms with Gasteiger partial charge in [0.25, 0.3) is 5.56 Å². The van der Waals surface area contributed by atoms with E-state index in [4.69, 9.17) is 14.5 Å². The number of morpholine rings is 1. The minimum atomic E-state index is -1.36. The predicted molar refractivity (Wildman–Crippen MR) is 124 cm³/mol. The van der Waals surface area contributed by atoms with Crippen molar-refractivity contribution in [1.82, 2.24) is 14.1 Å². The van der Waals surface area contributed by atoms with Gasteiger partial charge in [0.15, 0.2) is 0 Å². The number of nitrogens with zero attached hydrogens (tertiary/aromatic N) is 3. The molecular formula is C22H32N4O5S. The van der Waals surface area contributed by atoms with E-state index < -0.39 is 28.1 Å². The molecule has 0 radical (unpaired) electrons. The molecule has 0 aliphatic carbocycles. The van der Waals surface area contributed by atoms with Crippen LogP contribution >= 0.6 is 0 Å². The van der Waals surface area contributed by atoms with Gasteiger partial charge in [0.05, 0.1) is 30.9 Å². The van der Waals surface area contributed by atoms with Crippen molar-refractivity contribution in [3.8, 4) is 0 Å². The van der Waals surface area contributed by atoms with Gasteiger partial charge in [0.2, 0.25) is 0 Å². The number of carbonyl (C=O) groups excluding carboxylic acids is 1. The summed E-state index contributed by atoms with van der Waals surface area (Å²) in [5.74, 6) is 0.0256. The summed E-state index contributed by atoms with van der Waals surface area (Å²) in [4.78, 5) is 32.4. The molecule has 1 saturated heterocycles. The molecule has 0 unspecified atom stereocenters. The lowest BCUT2D eigenvalue weighted by atomic mass is 10.1. The maximum absolute atomic E-state index is 13.0. The van der Waals surface area contributed by atoms with Gasteiger partial charge in [-0.2, -0.15) is 0 Å². The minimum absolute atomic E-state index is 0.236. The third kappa shape index (κ3) is 5.61. The summed E-state index contributed by atoms with van der Waals surface area (Å²) in [6, 6.07) is 2.68. The van der Waals surface area contributed by atoms with Crippen LogP contribution in [0.15, 0.2) is 23.1 Å². The first-order chi connectivity index (χ1) is 15.0. The molecule has 1 N–H and O–H groups in total. The Morgan fingerprint density at radius 3 is 2.50 bits per heavy atom. The number of aromatic nitrogens is 2. The Morgan fingerprint density at radius 1 is 1.25 bits per heavy atom. The van der Waals surface area contributed by atoms with Crippen molar-refractivity contribution in [3.63, 3.8) is 0 Å². The topological polar surface area (TPSA) is 108 Å². The molecule has 1 aliphatic heterocycles. The van der Waals surface area contributed by atoms with Crippen LogP contribution in [-0.4, -0.2) is 57.1 Å². The average Bonchev–Trinajstić information content (AvgIpc) is 2.72. The Labute approximate surface area is 191 Å². The number of pyridine rings is 1. The minimum Gasteiger partial charge on any atom is -0.598 e. The van der Waals surface area contributed by atoms with Crippen LogP contribution in [-0.2, 0) is 20.8 Å². The number of hydrogen-bond acceptors (Lipinski definition) is 8. The third-order valence-electron chi connectivity index (χ3n) is 5.00. The summed E-state index contributed by atoms with van der Waals surface area (Å²) in [7, 11) is 0. The van der Waals surface area contributed by atoms with E-state index in [-0.39, 0.29) is 17.2 Å². The summed E-state index contributed by atoms with van der Waals surface area (Å²) < 4.78 is 27.4. The molecule has 176 valence electrons. The predicted octanol–water partition coefficient (Wildman–Crippen LogP) is 2.21. The summed E-state index contributed by atoms with van der Waals surface area (Å²) in [6.07, 6.45) is 1.15. The lowest BCUT2D eigenvalue weighted by Crippen LogP contribution is -2.41. The lowest BCUT2D eigenvalue weighted by Gasteiger charge is -2.29. The highest BCUT2D eigenvalue weighted by Crippen LogP contribution is 2.25. The first-order valence-corrected chi connectivity index (χ1v) is 11.9. The van der Waals surface area contributed by atoms with E-state index in [1.54, 1.807) is 19.9 Å². The number of nitrogens with one attached hydrogen (secondary N) is 1. The Morgan fingerprint density at radius 2 is 1.91 bits per heavy atom. The summed E-state index contributed by atoms with van der Waals surface area (Å²) in [6.45, 7) is 13.4. The van der Waals surface area contributed by atoms with Crippen molar-refractivity contribution in [3.05, 3.63) is 39.8 Å². The molecule has 0 bridgehead atoms. The molecule has 0 saturated carbocycles. The SMILES string of the molecule is CC(C)OC(=O)c1cc([C@@H](C)N[S@+]([O-])C(C)(C)C)c2nc(N3CCOCC3)cc(=O)n2c1. The highest BCUT2D eigenvalue weighted by Gasteiger charge is 2.30. The van der Waals surface area contributed by atoms with E-state index in [1.165, 1.54) is 16.7 Å². The Hall–Kier alpha value is -2.14. The molecule has 10 heteroatoms. The second-order valence-electron chi connectivity index (χ2n) is 9.10. The number of carbonyl (C=O) groups is 1. The molecule has 2 aromatic heterocycles. The van der Waals surface area contributed by atoms with Gasteiger partial charge in [-0.3, -0.25) is 9.20 Å². The van der Waals surface area contributed by atoms with Crippen LogP contribution in [0.2, 0.25) is 0 Å². The quantitative estimate of drug-likeness (QED) is 0.512. The highest BCUT2D eigenvalue weighted by molar-refractivity contribution is 7.90. The van der Waals surface area contributed by atoms with Crippen molar-refractivity contribution >= 4 is 28.8 Å². The zero-order valence-corrected chi connectivity index (χ0v) is 20.3. The Bertz CT molecular complexity index is 1030. The van der Waals surface area contributed by atoms with E-state index in [0.717, 1.165) is 0 Å². The second kappa shape index (κ2) is 9.78. The number of rotatable bonds is 6. The summed E-state index contributed by atoms with van der Waals surface area (Å²) >= 11 is -1.36. The van der Waals surface area contributed by atoms with Gasteiger partial charge >= 0.3 is 5.97 Å². The van der Waals surface area contributed by atoms with E-state index >= 15 is 0 Å². The number of ether oxygens (including phenoxy) is 2. The fraction of sp³-hybridized carbons (Fsp3) is 0.591. The Balaban J connectivity index is 2.13. The fourth-order valence-corrected chi connectivity index (χ4v) is 4.09. The van der Waals surface area contributed by atoms with Crippen LogP contribution in [0.25, 0.3) is 5.65 Å². The monoisotopic (exact) mass is 464 g/mol. The molecule has 9 nitrogen and oxygen atoms in total. The second-order valence-corrected chi connectivity index (χ2v) is 11.1. The number of anilines is 1. The van der Waals surface area contributed by atoms with Gasteiger partial charge in [-0.1, -0.05) is 0 Å². The number of esters is 1. The molecule has 1 fully saturated rings. The van der Waals surface area contributed by atoms with Gasteiger partial charge in [-0.25, -0.2) is 9.78 Å². The summed E-state index contributed by atoms with van der Waals surface area (Å²) in [5, 5.41) is 0. The third-order valence-corrected chi connectivity index (χ3v) is 6.68. The zero-order valence-electron chi connectivity index (χ0n) is 19.5. The molecule has 2 aromatic rings. The number of fused-ring (bicyclic) bond motifs is 1. The summed E-state index contributed by atoms with van der Waals surface area (Å²) in [5.41, 5.74) is 0.930. The lowest BCUT2D eigenvalue weighted by molar-refractivity contribution is 0.0377. The van der Waals surface area contributed by atoms with Crippen molar-refractivity contribution < 1.29 is 18.8 Å². The van der Waals surface area contributed by atoms with Gasteiger partial charge < -0.3 is 18.9 Å². The average molecular weight is 465 g/mol. The van der Waals surface area contributed by atoms with Crippen molar-refractivity contribution in [2.24, 2.45) is 0 Å². The van der Waals surface area contributed by atoms with Crippen LogP contribution < -0.4 is 15.2 Å². The molecule has 0 spiro atoms. The standard InChI is InChI=1S/C22H32N4O5S/c1-14(2)31-21(28)16-11-17(15(3)24-32(29)22(4,5)6)20-23-18(12-19(27)26(20)13-16)25-7-9-30-10-8-25/h11-15,24H,7-10H2,1-6H3/t15-,32-/m1/s1.